The molecule has 5 rings (SSSR count). The fourth-order valence-corrected chi connectivity index (χ4v) is 6.22. The third-order valence-electron chi connectivity index (χ3n) is 8.49. The lowest BCUT2D eigenvalue weighted by Crippen LogP contribution is -2.17. The van der Waals surface area contributed by atoms with E-state index in [4.69, 9.17) is 9.47 Å². The number of methoxy groups -OCH3 is 1. The molecule has 0 amide bonds. The molecular weight excluding hydrogens is 479 g/mol. The molecule has 0 aromatic heterocycles. The van der Waals surface area contributed by atoms with Crippen LogP contribution in [0.4, 0.5) is 4.39 Å². The second kappa shape index (κ2) is 10.8. The lowest BCUT2D eigenvalue weighted by Gasteiger charge is -2.30. The van der Waals surface area contributed by atoms with Crippen molar-refractivity contribution in [3.8, 4) is 22.6 Å². The van der Waals surface area contributed by atoms with Gasteiger partial charge < -0.3 is 14.6 Å². The van der Waals surface area contributed by atoms with Gasteiger partial charge in [0, 0.05) is 5.56 Å². The van der Waals surface area contributed by atoms with Crippen LogP contribution in [-0.4, -0.2) is 18.2 Å². The molecule has 0 spiro atoms. The van der Waals surface area contributed by atoms with Gasteiger partial charge in [0.25, 0.3) is 0 Å². The number of aliphatic carboxylic acids is 1. The quantitative estimate of drug-likeness (QED) is 0.294. The summed E-state index contributed by atoms with van der Waals surface area (Å²) in [6.07, 6.45) is 5.70. The average Bonchev–Trinajstić information content (AvgIpc) is 3.68. The Labute approximate surface area is 224 Å². The molecular formula is C33H37FO4. The predicted octanol–water partition coefficient (Wildman–Crippen LogP) is 8.34. The largest absolute Gasteiger partial charge is 0.497 e. The smallest absolute Gasteiger partial charge is 0.303 e. The zero-order valence-electron chi connectivity index (χ0n) is 22.5. The molecule has 2 saturated carbocycles. The highest BCUT2D eigenvalue weighted by molar-refractivity contribution is 5.71. The molecule has 2 aliphatic rings. The van der Waals surface area contributed by atoms with E-state index in [1.807, 2.05) is 36.4 Å². The Balaban J connectivity index is 1.43. The minimum atomic E-state index is -0.761. The van der Waals surface area contributed by atoms with Gasteiger partial charge in [0.2, 0.25) is 0 Å². The van der Waals surface area contributed by atoms with Gasteiger partial charge in [-0.05, 0) is 101 Å². The van der Waals surface area contributed by atoms with Crippen LogP contribution in [0.1, 0.15) is 80.9 Å². The monoisotopic (exact) mass is 516 g/mol. The molecule has 3 aromatic carbocycles. The Hall–Kier alpha value is -3.34. The fraction of sp³-hybridized carbons (Fsp3) is 0.424. The van der Waals surface area contributed by atoms with Crippen molar-refractivity contribution < 1.29 is 23.8 Å². The lowest BCUT2D eigenvalue weighted by atomic mass is 9.75. The third-order valence-corrected chi connectivity index (χ3v) is 8.49. The van der Waals surface area contributed by atoms with Gasteiger partial charge in [-0.2, -0.15) is 0 Å². The molecule has 4 nitrogen and oxygen atoms in total. The molecule has 2 fully saturated rings. The van der Waals surface area contributed by atoms with Crippen molar-refractivity contribution in [3.63, 3.8) is 0 Å². The summed E-state index contributed by atoms with van der Waals surface area (Å²) in [5, 5.41) is 9.39. The number of hydrogen-bond acceptors (Lipinski definition) is 3. The summed E-state index contributed by atoms with van der Waals surface area (Å²) in [6, 6.07) is 19.0. The second-order valence-electron chi connectivity index (χ2n) is 11.6. The van der Waals surface area contributed by atoms with E-state index in [1.165, 1.54) is 6.07 Å². The molecule has 0 radical (unpaired) electrons. The highest BCUT2D eigenvalue weighted by Crippen LogP contribution is 2.51. The molecule has 0 aliphatic heterocycles. The van der Waals surface area contributed by atoms with E-state index in [1.54, 1.807) is 19.2 Å². The highest BCUT2D eigenvalue weighted by atomic mass is 19.1. The summed E-state index contributed by atoms with van der Waals surface area (Å²) < 4.78 is 26.7. The number of carboxylic acids is 1. The van der Waals surface area contributed by atoms with Crippen molar-refractivity contribution in [2.75, 3.05) is 7.11 Å². The fourth-order valence-electron chi connectivity index (χ4n) is 6.22. The van der Waals surface area contributed by atoms with Crippen molar-refractivity contribution in [1.29, 1.82) is 0 Å². The number of carboxylic acid groups (broad SMARTS) is 1. The molecule has 1 N–H and O–H groups in total. The Morgan fingerprint density at radius 1 is 1.03 bits per heavy atom. The molecule has 0 saturated heterocycles. The van der Waals surface area contributed by atoms with Crippen molar-refractivity contribution in [1.82, 2.24) is 0 Å². The molecule has 1 unspecified atom stereocenters. The SMILES string of the molecule is COc1ccc(F)c(-c2ccc(COc3cccc([C@H](CC(=O)O)C4CC4)c3)cc2C2CCCC2(C)C)c1. The normalized spacial score (nSPS) is 19.2. The first-order chi connectivity index (χ1) is 18.2. The van der Waals surface area contributed by atoms with Gasteiger partial charge in [-0.3, -0.25) is 4.79 Å². The summed E-state index contributed by atoms with van der Waals surface area (Å²) in [4.78, 5) is 11.4. The summed E-state index contributed by atoms with van der Waals surface area (Å²) in [7, 11) is 1.60. The summed E-state index contributed by atoms with van der Waals surface area (Å²) >= 11 is 0. The van der Waals surface area contributed by atoms with E-state index in [0.717, 1.165) is 60.1 Å². The second-order valence-corrected chi connectivity index (χ2v) is 11.6. The van der Waals surface area contributed by atoms with Crippen molar-refractivity contribution >= 4 is 5.97 Å². The topological polar surface area (TPSA) is 55.8 Å². The van der Waals surface area contributed by atoms with Crippen molar-refractivity contribution in [2.24, 2.45) is 11.3 Å². The van der Waals surface area contributed by atoms with E-state index in [9.17, 15) is 9.90 Å². The van der Waals surface area contributed by atoms with Gasteiger partial charge in [-0.1, -0.05) is 50.6 Å². The molecule has 0 bridgehead atoms. The number of halogens is 1. The summed E-state index contributed by atoms with van der Waals surface area (Å²) in [5.41, 5.74) is 4.82. The van der Waals surface area contributed by atoms with Gasteiger partial charge >= 0.3 is 5.97 Å². The van der Waals surface area contributed by atoms with E-state index >= 15 is 4.39 Å². The van der Waals surface area contributed by atoms with Gasteiger partial charge in [0.05, 0.1) is 13.5 Å². The van der Waals surface area contributed by atoms with E-state index in [-0.39, 0.29) is 23.6 Å². The molecule has 2 aliphatic carbocycles. The predicted molar refractivity (Wildman–Crippen MR) is 147 cm³/mol. The molecule has 0 heterocycles. The van der Waals surface area contributed by atoms with Gasteiger partial charge in [0.15, 0.2) is 0 Å². The lowest BCUT2D eigenvalue weighted by molar-refractivity contribution is -0.137. The van der Waals surface area contributed by atoms with Crippen LogP contribution in [0.25, 0.3) is 11.1 Å². The van der Waals surface area contributed by atoms with Crippen LogP contribution in [0.2, 0.25) is 0 Å². The van der Waals surface area contributed by atoms with Crippen LogP contribution in [-0.2, 0) is 11.4 Å². The first kappa shape index (κ1) is 26.3. The van der Waals surface area contributed by atoms with E-state index in [2.05, 4.69) is 19.9 Å². The number of ether oxygens (including phenoxy) is 2. The summed E-state index contributed by atoms with van der Waals surface area (Å²) in [6.45, 7) is 4.99. The molecule has 3 aromatic rings. The third kappa shape index (κ3) is 5.72. The first-order valence-corrected chi connectivity index (χ1v) is 13.7. The first-order valence-electron chi connectivity index (χ1n) is 13.7. The van der Waals surface area contributed by atoms with Gasteiger partial charge in [0.1, 0.15) is 23.9 Å². The minimum absolute atomic E-state index is 0.0318. The Bertz CT molecular complexity index is 1310. The van der Waals surface area contributed by atoms with E-state index in [0.29, 0.717) is 29.8 Å². The number of hydrogen-bond donors (Lipinski definition) is 1. The zero-order valence-corrected chi connectivity index (χ0v) is 22.5. The van der Waals surface area contributed by atoms with Gasteiger partial charge in [-0.15, -0.1) is 0 Å². The van der Waals surface area contributed by atoms with Crippen LogP contribution in [0.3, 0.4) is 0 Å². The Morgan fingerprint density at radius 3 is 2.53 bits per heavy atom. The van der Waals surface area contributed by atoms with Crippen LogP contribution in [0, 0.1) is 17.2 Å². The maximum absolute atomic E-state index is 15.0. The van der Waals surface area contributed by atoms with Gasteiger partial charge in [-0.25, -0.2) is 4.39 Å². The summed E-state index contributed by atoms with van der Waals surface area (Å²) in [5.74, 6) is 1.16. The maximum atomic E-state index is 15.0. The van der Waals surface area contributed by atoms with Crippen LogP contribution in [0.5, 0.6) is 11.5 Å². The number of carbonyl (C=O) groups is 1. The van der Waals surface area contributed by atoms with E-state index < -0.39 is 5.97 Å². The van der Waals surface area contributed by atoms with Crippen LogP contribution in [0.15, 0.2) is 60.7 Å². The number of benzene rings is 3. The zero-order chi connectivity index (χ0) is 26.9. The average molecular weight is 517 g/mol. The molecule has 38 heavy (non-hydrogen) atoms. The van der Waals surface area contributed by atoms with Crippen molar-refractivity contribution in [2.45, 2.75) is 70.8 Å². The van der Waals surface area contributed by atoms with Crippen LogP contribution >= 0.6 is 0 Å². The highest BCUT2D eigenvalue weighted by Gasteiger charge is 2.37. The minimum Gasteiger partial charge on any atom is -0.497 e. The standard InChI is InChI=1S/C33H37FO4/c1-33(2)15-5-8-30(33)28-16-21(9-13-26(28)29-18-24(37-3)12-14-31(29)34)20-38-25-7-4-6-23(17-25)27(19-32(35)36)22-10-11-22/h4,6-7,9,12-14,16-18,22,27,30H,5,8,10-11,15,19-20H2,1-3H3,(H,35,36)/t27-,30?/m1/s1. The molecule has 2 atom stereocenters. The Morgan fingerprint density at radius 2 is 1.84 bits per heavy atom. The van der Waals surface area contributed by atoms with Crippen LogP contribution < -0.4 is 9.47 Å². The Kier molecular flexibility index (Phi) is 7.47. The van der Waals surface area contributed by atoms with Crippen molar-refractivity contribution in [3.05, 3.63) is 83.2 Å². The maximum Gasteiger partial charge on any atom is 0.303 e. The molecule has 200 valence electrons. The number of rotatable bonds is 10. The molecule has 5 heteroatoms.